The van der Waals surface area contributed by atoms with Crippen LogP contribution in [0, 0.1) is 0 Å². The van der Waals surface area contributed by atoms with Crippen LogP contribution in [0.4, 0.5) is 5.69 Å². The summed E-state index contributed by atoms with van der Waals surface area (Å²) in [6, 6.07) is 15.9. The Kier molecular flexibility index (Phi) is 4.22. The molecule has 1 saturated heterocycles. The summed E-state index contributed by atoms with van der Waals surface area (Å²) >= 11 is 7.63. The van der Waals surface area contributed by atoms with Gasteiger partial charge in [0.15, 0.2) is 0 Å². The molecule has 1 fully saturated rings. The lowest BCUT2D eigenvalue weighted by molar-refractivity contribution is -0.115. The minimum absolute atomic E-state index is 0.0301. The van der Waals surface area contributed by atoms with E-state index in [2.05, 4.69) is 13.0 Å². The summed E-state index contributed by atoms with van der Waals surface area (Å²) in [5, 5.41) is 0.746. The van der Waals surface area contributed by atoms with Crippen LogP contribution in [0.25, 0.3) is 0 Å². The molecule has 3 rings (SSSR count). The number of anilines is 1. The van der Waals surface area contributed by atoms with Crippen molar-refractivity contribution in [3.8, 4) is 0 Å². The van der Waals surface area contributed by atoms with Gasteiger partial charge in [0.2, 0.25) is 5.91 Å². The molecule has 1 amide bonds. The predicted octanol–water partition coefficient (Wildman–Crippen LogP) is 4.68. The molecule has 1 aliphatic heterocycles. The Balaban J connectivity index is 2.01. The van der Waals surface area contributed by atoms with Crippen molar-refractivity contribution in [3.63, 3.8) is 0 Å². The van der Waals surface area contributed by atoms with Crippen molar-refractivity contribution >= 4 is 35.0 Å². The summed E-state index contributed by atoms with van der Waals surface area (Å²) < 4.78 is 0. The molecule has 1 heterocycles. The van der Waals surface area contributed by atoms with Crippen LogP contribution in [-0.4, -0.2) is 11.7 Å². The van der Waals surface area contributed by atoms with Crippen LogP contribution in [0.1, 0.15) is 23.4 Å². The quantitative estimate of drug-likeness (QED) is 0.819. The van der Waals surface area contributed by atoms with Crippen molar-refractivity contribution in [2.75, 3.05) is 10.7 Å². The SMILES string of the molecule is CCc1ccccc1N1C(=O)CS[C@@H]1c1ccc(Cl)cc1. The topological polar surface area (TPSA) is 20.3 Å². The molecule has 2 nitrogen and oxygen atoms in total. The lowest BCUT2D eigenvalue weighted by atomic mass is 10.1. The largest absolute Gasteiger partial charge is 0.295 e. The highest BCUT2D eigenvalue weighted by atomic mass is 35.5. The van der Waals surface area contributed by atoms with E-state index in [4.69, 9.17) is 11.6 Å². The molecule has 1 aliphatic rings. The van der Waals surface area contributed by atoms with E-state index in [0.717, 1.165) is 17.7 Å². The van der Waals surface area contributed by atoms with Crippen molar-refractivity contribution in [3.05, 3.63) is 64.7 Å². The Bertz CT molecular complexity index is 656. The molecule has 2 aromatic rings. The van der Waals surface area contributed by atoms with E-state index in [1.165, 1.54) is 5.56 Å². The first-order valence-corrected chi connectivity index (χ1v) is 8.40. The van der Waals surface area contributed by atoms with Gasteiger partial charge in [-0.3, -0.25) is 9.69 Å². The number of hydrogen-bond donors (Lipinski definition) is 0. The van der Waals surface area contributed by atoms with Crippen molar-refractivity contribution in [2.45, 2.75) is 18.7 Å². The maximum Gasteiger partial charge on any atom is 0.238 e. The number of amides is 1. The number of aryl methyl sites for hydroxylation is 1. The highest BCUT2D eigenvalue weighted by Gasteiger charge is 2.34. The number of benzene rings is 2. The summed E-state index contributed by atoms with van der Waals surface area (Å²) in [4.78, 5) is 14.3. The van der Waals surface area contributed by atoms with Gasteiger partial charge in [-0.15, -0.1) is 11.8 Å². The second-order valence-corrected chi connectivity index (χ2v) is 6.47. The van der Waals surface area contributed by atoms with Crippen LogP contribution in [0.3, 0.4) is 0 Å². The summed E-state index contributed by atoms with van der Waals surface area (Å²) in [5.41, 5.74) is 3.34. The molecule has 0 N–H and O–H groups in total. The summed E-state index contributed by atoms with van der Waals surface area (Å²) in [7, 11) is 0. The van der Waals surface area contributed by atoms with Gasteiger partial charge < -0.3 is 0 Å². The molecule has 2 aromatic carbocycles. The fourth-order valence-corrected chi connectivity index (χ4v) is 3.90. The van der Waals surface area contributed by atoms with Crippen molar-refractivity contribution in [1.29, 1.82) is 0 Å². The van der Waals surface area contributed by atoms with Crippen LogP contribution >= 0.6 is 23.4 Å². The second-order valence-electron chi connectivity index (χ2n) is 4.96. The first-order chi connectivity index (χ1) is 10.2. The summed E-state index contributed by atoms with van der Waals surface area (Å²) in [6.07, 6.45) is 0.915. The number of para-hydroxylation sites is 1. The fraction of sp³-hybridized carbons (Fsp3) is 0.235. The Morgan fingerprint density at radius 3 is 2.62 bits per heavy atom. The van der Waals surface area contributed by atoms with Gasteiger partial charge in [0, 0.05) is 10.7 Å². The molecule has 0 aliphatic carbocycles. The Morgan fingerprint density at radius 2 is 1.90 bits per heavy atom. The second kappa shape index (κ2) is 6.12. The van der Waals surface area contributed by atoms with Crippen LogP contribution in [0.15, 0.2) is 48.5 Å². The number of carbonyl (C=O) groups excluding carboxylic acids is 1. The third-order valence-corrected chi connectivity index (χ3v) is 5.12. The number of halogens is 1. The molecule has 108 valence electrons. The third-order valence-electron chi connectivity index (χ3n) is 3.66. The molecule has 0 aromatic heterocycles. The Labute approximate surface area is 134 Å². The van der Waals surface area contributed by atoms with E-state index in [-0.39, 0.29) is 11.3 Å². The molecule has 4 heteroatoms. The number of carbonyl (C=O) groups is 1. The normalized spacial score (nSPS) is 18.3. The molecular formula is C17H16ClNOS. The van der Waals surface area contributed by atoms with E-state index in [1.807, 2.05) is 47.4 Å². The van der Waals surface area contributed by atoms with Crippen molar-refractivity contribution in [2.24, 2.45) is 0 Å². The summed E-state index contributed by atoms with van der Waals surface area (Å²) in [5.74, 6) is 0.687. The van der Waals surface area contributed by atoms with E-state index in [9.17, 15) is 4.79 Å². The molecule has 0 radical (unpaired) electrons. The van der Waals surface area contributed by atoms with Crippen molar-refractivity contribution < 1.29 is 4.79 Å². The first-order valence-electron chi connectivity index (χ1n) is 6.97. The standard InChI is InChI=1S/C17H16ClNOS/c1-2-12-5-3-4-6-15(12)19-16(20)11-21-17(19)13-7-9-14(18)10-8-13/h3-10,17H,2,11H2,1H3/t17-/m1/s1. The number of rotatable bonds is 3. The van der Waals surface area contributed by atoms with Gasteiger partial charge in [-0.1, -0.05) is 48.9 Å². The van der Waals surface area contributed by atoms with E-state index >= 15 is 0 Å². The minimum Gasteiger partial charge on any atom is -0.295 e. The number of nitrogens with zero attached hydrogens (tertiary/aromatic N) is 1. The lowest BCUT2D eigenvalue weighted by Gasteiger charge is -2.26. The van der Waals surface area contributed by atoms with Gasteiger partial charge in [-0.25, -0.2) is 0 Å². The molecule has 0 unspecified atom stereocenters. The molecule has 1 atom stereocenters. The van der Waals surface area contributed by atoms with E-state index < -0.39 is 0 Å². The zero-order valence-electron chi connectivity index (χ0n) is 11.8. The van der Waals surface area contributed by atoms with Gasteiger partial charge >= 0.3 is 0 Å². The van der Waals surface area contributed by atoms with E-state index in [0.29, 0.717) is 10.8 Å². The number of hydrogen-bond acceptors (Lipinski definition) is 2. The smallest absolute Gasteiger partial charge is 0.238 e. The zero-order chi connectivity index (χ0) is 14.8. The van der Waals surface area contributed by atoms with Gasteiger partial charge in [0.05, 0.1) is 5.75 Å². The average Bonchev–Trinajstić information content (AvgIpc) is 2.89. The van der Waals surface area contributed by atoms with E-state index in [1.54, 1.807) is 11.8 Å². The van der Waals surface area contributed by atoms with Crippen molar-refractivity contribution in [1.82, 2.24) is 0 Å². The first kappa shape index (κ1) is 14.5. The van der Waals surface area contributed by atoms with Crippen LogP contribution < -0.4 is 4.90 Å². The van der Waals surface area contributed by atoms with Gasteiger partial charge in [-0.05, 0) is 35.7 Å². The third kappa shape index (κ3) is 2.81. The Hall–Kier alpha value is -1.45. The molecule has 0 bridgehead atoms. The van der Waals surface area contributed by atoms with Gasteiger partial charge in [0.1, 0.15) is 5.37 Å². The van der Waals surface area contributed by atoms with Crippen LogP contribution in [-0.2, 0) is 11.2 Å². The Morgan fingerprint density at radius 1 is 1.19 bits per heavy atom. The summed E-state index contributed by atoms with van der Waals surface area (Å²) in [6.45, 7) is 2.11. The zero-order valence-corrected chi connectivity index (χ0v) is 13.3. The minimum atomic E-state index is 0.0301. The monoisotopic (exact) mass is 317 g/mol. The molecule has 21 heavy (non-hydrogen) atoms. The van der Waals surface area contributed by atoms with Gasteiger partial charge in [0.25, 0.3) is 0 Å². The highest BCUT2D eigenvalue weighted by molar-refractivity contribution is 8.00. The van der Waals surface area contributed by atoms with Crippen LogP contribution in [0.5, 0.6) is 0 Å². The predicted molar refractivity (Wildman–Crippen MR) is 90.0 cm³/mol. The molecule has 0 spiro atoms. The fourth-order valence-electron chi connectivity index (χ4n) is 2.60. The van der Waals surface area contributed by atoms with Gasteiger partial charge in [-0.2, -0.15) is 0 Å². The maximum absolute atomic E-state index is 12.4. The highest BCUT2D eigenvalue weighted by Crippen LogP contribution is 2.43. The molecular weight excluding hydrogens is 302 g/mol. The average molecular weight is 318 g/mol. The lowest BCUT2D eigenvalue weighted by Crippen LogP contribution is -2.28. The maximum atomic E-state index is 12.4. The molecule has 0 saturated carbocycles. The number of thioether (sulfide) groups is 1. The van der Waals surface area contributed by atoms with Crippen LogP contribution in [0.2, 0.25) is 5.02 Å².